The number of aromatic amines is 1. The number of hydrogen-bond acceptors (Lipinski definition) is 5. The van der Waals surface area contributed by atoms with Crippen LogP contribution in [0.3, 0.4) is 0 Å². The van der Waals surface area contributed by atoms with Crippen molar-refractivity contribution >= 4 is 38.3 Å². The molecule has 0 saturated carbocycles. The lowest BCUT2D eigenvalue weighted by atomic mass is 10.1. The van der Waals surface area contributed by atoms with Gasteiger partial charge in [0.1, 0.15) is 10.5 Å². The number of carbonyl (C=O) groups is 1. The minimum atomic E-state index is -3.70. The number of nitrogens with zero attached hydrogens (tertiary/aromatic N) is 3. The maximum atomic E-state index is 13.3. The molecule has 1 saturated heterocycles. The summed E-state index contributed by atoms with van der Waals surface area (Å²) in [5, 5.41) is 3.86. The lowest BCUT2D eigenvalue weighted by Crippen LogP contribution is -2.50. The summed E-state index contributed by atoms with van der Waals surface area (Å²) in [6, 6.07) is 20.5. The summed E-state index contributed by atoms with van der Waals surface area (Å²) in [5.41, 5.74) is 2.70. The highest BCUT2D eigenvalue weighted by Gasteiger charge is 2.32. The number of anilines is 2. The van der Waals surface area contributed by atoms with Crippen LogP contribution in [0.25, 0.3) is 11.0 Å². The molecule has 1 amide bonds. The maximum Gasteiger partial charge on any atom is 0.256 e. The molecule has 0 spiro atoms. The first-order chi connectivity index (χ1) is 16.0. The van der Waals surface area contributed by atoms with Crippen molar-refractivity contribution in [1.82, 2.24) is 19.2 Å². The third-order valence-electron chi connectivity index (χ3n) is 5.77. The van der Waals surface area contributed by atoms with Gasteiger partial charge in [0.2, 0.25) is 10.0 Å². The van der Waals surface area contributed by atoms with Gasteiger partial charge in [-0.2, -0.15) is 4.31 Å². The summed E-state index contributed by atoms with van der Waals surface area (Å²) in [7, 11) is -3.70. The molecule has 0 aliphatic carbocycles. The average Bonchev–Trinajstić information content (AvgIpc) is 3.30. The number of H-pyrrole nitrogens is 1. The second kappa shape index (κ2) is 8.68. The molecular weight excluding hydrogens is 438 g/mol. The number of rotatable bonds is 5. The molecule has 8 nitrogen and oxygen atoms in total. The number of carbonyl (C=O) groups excluding carboxylic acids is 1. The van der Waals surface area contributed by atoms with Crippen molar-refractivity contribution in [3.63, 3.8) is 0 Å². The van der Waals surface area contributed by atoms with Gasteiger partial charge in [0.25, 0.3) is 5.91 Å². The molecule has 2 aromatic carbocycles. The molecule has 0 atom stereocenters. The third-order valence-corrected chi connectivity index (χ3v) is 7.71. The Morgan fingerprint density at radius 2 is 1.64 bits per heavy atom. The van der Waals surface area contributed by atoms with E-state index in [-0.39, 0.29) is 23.9 Å². The van der Waals surface area contributed by atoms with Crippen molar-refractivity contribution in [3.05, 3.63) is 84.7 Å². The quantitative estimate of drug-likeness (QED) is 0.474. The number of nitrogens with one attached hydrogen (secondary N) is 2. The van der Waals surface area contributed by atoms with E-state index in [0.29, 0.717) is 29.7 Å². The van der Waals surface area contributed by atoms with Gasteiger partial charge in [0, 0.05) is 49.6 Å². The third kappa shape index (κ3) is 4.08. The smallest absolute Gasteiger partial charge is 0.256 e. The van der Waals surface area contributed by atoms with Crippen molar-refractivity contribution in [2.75, 3.05) is 31.5 Å². The molecule has 9 heteroatoms. The van der Waals surface area contributed by atoms with Crippen LogP contribution in [0.15, 0.2) is 84.0 Å². The van der Waals surface area contributed by atoms with Crippen LogP contribution < -0.4 is 5.32 Å². The van der Waals surface area contributed by atoms with Gasteiger partial charge in [0.05, 0.1) is 11.3 Å². The van der Waals surface area contributed by atoms with Gasteiger partial charge in [-0.15, -0.1) is 0 Å². The maximum absolute atomic E-state index is 13.3. The first-order valence-electron chi connectivity index (χ1n) is 10.7. The van der Waals surface area contributed by atoms with E-state index in [1.54, 1.807) is 29.3 Å². The molecule has 0 radical (unpaired) electrons. The fourth-order valence-corrected chi connectivity index (χ4v) is 5.61. The summed E-state index contributed by atoms with van der Waals surface area (Å²) in [4.78, 5) is 22.3. The number of piperazine rings is 1. The predicted octanol–water partition coefficient (Wildman–Crippen LogP) is 3.45. The van der Waals surface area contributed by atoms with Crippen molar-refractivity contribution < 1.29 is 13.2 Å². The predicted molar refractivity (Wildman–Crippen MR) is 127 cm³/mol. The first kappa shape index (κ1) is 21.2. The van der Waals surface area contributed by atoms with Crippen molar-refractivity contribution in [1.29, 1.82) is 0 Å². The summed E-state index contributed by atoms with van der Waals surface area (Å²) < 4.78 is 27.9. The number of pyridine rings is 1. The van der Waals surface area contributed by atoms with Gasteiger partial charge in [-0.05, 0) is 36.4 Å². The van der Waals surface area contributed by atoms with Crippen LogP contribution in [-0.2, 0) is 10.0 Å². The second-order valence-electron chi connectivity index (χ2n) is 7.79. The van der Waals surface area contributed by atoms with E-state index >= 15 is 0 Å². The van der Waals surface area contributed by atoms with Crippen LogP contribution in [0.5, 0.6) is 0 Å². The Morgan fingerprint density at radius 3 is 2.42 bits per heavy atom. The van der Waals surface area contributed by atoms with Gasteiger partial charge < -0.3 is 15.2 Å². The Labute approximate surface area is 191 Å². The molecule has 1 aliphatic heterocycles. The lowest BCUT2D eigenvalue weighted by Gasteiger charge is -2.34. The molecule has 5 rings (SSSR count). The van der Waals surface area contributed by atoms with E-state index in [4.69, 9.17) is 0 Å². The number of hydrogen-bond donors (Lipinski definition) is 2. The molecule has 168 valence electrons. The molecule has 0 bridgehead atoms. The van der Waals surface area contributed by atoms with E-state index in [9.17, 15) is 13.2 Å². The fourth-order valence-electron chi connectivity index (χ4n) is 4.04. The van der Waals surface area contributed by atoms with Crippen molar-refractivity contribution in [2.45, 2.75) is 4.90 Å². The van der Waals surface area contributed by atoms with Gasteiger partial charge in [-0.1, -0.05) is 30.3 Å². The van der Waals surface area contributed by atoms with E-state index in [0.717, 1.165) is 11.4 Å². The summed E-state index contributed by atoms with van der Waals surface area (Å²) in [5.74, 6) is -0.123. The zero-order chi connectivity index (χ0) is 22.8. The minimum Gasteiger partial charge on any atom is -0.355 e. The lowest BCUT2D eigenvalue weighted by molar-refractivity contribution is 0.0699. The topological polar surface area (TPSA) is 98.4 Å². The molecule has 1 fully saturated rings. The highest BCUT2D eigenvalue weighted by atomic mass is 32.2. The molecule has 2 aromatic heterocycles. The Hall–Kier alpha value is -3.69. The Bertz CT molecular complexity index is 1390. The second-order valence-corrected chi connectivity index (χ2v) is 9.69. The standard InChI is InChI=1S/C24H23N5O3S/c30-24(19-9-4-5-11-21(19)27-18-7-2-1-3-8-18)28-13-15-29(16-14-28)33(31,32)22-17-26-23-20(22)10-6-12-25-23/h1-12,17,27H,13-16H2,(H,25,26). The van der Waals surface area contributed by atoms with E-state index < -0.39 is 10.0 Å². The molecule has 0 unspecified atom stereocenters. The summed E-state index contributed by atoms with van der Waals surface area (Å²) in [6.45, 7) is 1.10. The largest absolute Gasteiger partial charge is 0.355 e. The number of fused-ring (bicyclic) bond motifs is 1. The Morgan fingerprint density at radius 1 is 0.909 bits per heavy atom. The number of sulfonamides is 1. The Balaban J connectivity index is 1.31. The van der Waals surface area contributed by atoms with Gasteiger partial charge in [-0.25, -0.2) is 13.4 Å². The highest BCUT2D eigenvalue weighted by Crippen LogP contribution is 2.26. The average molecular weight is 462 g/mol. The fraction of sp³-hybridized carbons (Fsp3) is 0.167. The van der Waals surface area contributed by atoms with Crippen LogP contribution in [0.2, 0.25) is 0 Å². The molecule has 1 aliphatic rings. The van der Waals surface area contributed by atoms with Crippen LogP contribution in [0, 0.1) is 0 Å². The molecular formula is C24H23N5O3S. The minimum absolute atomic E-state index is 0.123. The van der Waals surface area contributed by atoms with E-state index in [1.165, 1.54) is 10.5 Å². The SMILES string of the molecule is O=C(c1ccccc1Nc1ccccc1)N1CCN(S(=O)(=O)c2c[nH]c3ncccc23)CC1. The molecule has 2 N–H and O–H groups in total. The van der Waals surface area contributed by atoms with Crippen LogP contribution in [0.1, 0.15) is 10.4 Å². The highest BCUT2D eigenvalue weighted by molar-refractivity contribution is 7.89. The number of para-hydroxylation sites is 2. The van der Waals surface area contributed by atoms with Gasteiger partial charge >= 0.3 is 0 Å². The summed E-state index contributed by atoms with van der Waals surface area (Å²) >= 11 is 0. The number of aromatic nitrogens is 2. The molecule has 4 aromatic rings. The number of benzene rings is 2. The molecule has 3 heterocycles. The zero-order valence-electron chi connectivity index (χ0n) is 17.8. The normalized spacial score (nSPS) is 15.0. The van der Waals surface area contributed by atoms with Crippen molar-refractivity contribution in [2.24, 2.45) is 0 Å². The monoisotopic (exact) mass is 461 g/mol. The van der Waals surface area contributed by atoms with E-state index in [1.807, 2.05) is 48.5 Å². The van der Waals surface area contributed by atoms with Crippen LogP contribution >= 0.6 is 0 Å². The molecule has 33 heavy (non-hydrogen) atoms. The summed E-state index contributed by atoms with van der Waals surface area (Å²) in [6.07, 6.45) is 3.10. The first-order valence-corrected chi connectivity index (χ1v) is 12.1. The van der Waals surface area contributed by atoms with Gasteiger partial charge in [-0.3, -0.25) is 4.79 Å². The Kier molecular flexibility index (Phi) is 5.57. The van der Waals surface area contributed by atoms with Crippen LogP contribution in [-0.4, -0.2) is 59.7 Å². The van der Waals surface area contributed by atoms with Gasteiger partial charge in [0.15, 0.2) is 0 Å². The van der Waals surface area contributed by atoms with Crippen LogP contribution in [0.4, 0.5) is 11.4 Å². The number of amides is 1. The van der Waals surface area contributed by atoms with Crippen molar-refractivity contribution in [3.8, 4) is 0 Å². The zero-order valence-corrected chi connectivity index (χ0v) is 18.6. The van der Waals surface area contributed by atoms with E-state index in [2.05, 4.69) is 15.3 Å².